The Kier molecular flexibility index (Phi) is 7.60. The van der Waals surface area contributed by atoms with Crippen LogP contribution >= 0.6 is 27.5 Å². The zero-order valence-electron chi connectivity index (χ0n) is 16.7. The highest BCUT2D eigenvalue weighted by molar-refractivity contribution is 9.10. The molecule has 0 atom stereocenters. The van der Waals surface area contributed by atoms with Crippen LogP contribution in [-0.4, -0.2) is 19.6 Å². The van der Waals surface area contributed by atoms with Crippen molar-refractivity contribution in [2.45, 2.75) is 13.5 Å². The Bertz CT molecular complexity index is 1030. The van der Waals surface area contributed by atoms with Crippen molar-refractivity contribution >= 4 is 44.8 Å². The number of carbonyl (C=O) groups is 1. The first-order valence-electron chi connectivity index (χ1n) is 9.30. The quantitative estimate of drug-likeness (QED) is 0.404. The molecule has 0 aliphatic rings. The number of amides is 1. The maximum absolute atomic E-state index is 12.2. The molecule has 0 saturated carbocycles. The molecule has 0 saturated heterocycles. The van der Waals surface area contributed by atoms with Gasteiger partial charge in [0, 0.05) is 22.9 Å². The first-order chi connectivity index (χ1) is 14.5. The standard InChI is InChI=1S/C23H22BrClN2O3/c1-15-8-9-18(12-20(15)25)26-13-16-10-19(24)23(21(11-16)29-2)30-14-22(28)27-17-6-4-3-5-7-17/h3-12,26H,13-14H2,1-2H3,(H,27,28). The van der Waals surface area contributed by atoms with Gasteiger partial charge in [0.1, 0.15) is 0 Å². The Morgan fingerprint density at radius 2 is 1.83 bits per heavy atom. The second-order valence-electron chi connectivity index (χ2n) is 6.63. The molecule has 0 radical (unpaired) electrons. The van der Waals surface area contributed by atoms with Crippen LogP contribution in [0.15, 0.2) is 65.1 Å². The van der Waals surface area contributed by atoms with Gasteiger partial charge in [0.25, 0.3) is 5.91 Å². The average molecular weight is 490 g/mol. The molecule has 3 aromatic carbocycles. The molecular weight excluding hydrogens is 468 g/mol. The molecule has 0 spiro atoms. The Balaban J connectivity index is 1.64. The van der Waals surface area contributed by atoms with Gasteiger partial charge in [-0.05, 0) is 70.4 Å². The molecule has 5 nitrogen and oxygen atoms in total. The van der Waals surface area contributed by atoms with E-state index in [4.69, 9.17) is 21.1 Å². The normalized spacial score (nSPS) is 10.4. The van der Waals surface area contributed by atoms with Gasteiger partial charge in [-0.1, -0.05) is 35.9 Å². The minimum Gasteiger partial charge on any atom is -0.493 e. The van der Waals surface area contributed by atoms with Crippen LogP contribution in [0.2, 0.25) is 5.02 Å². The largest absolute Gasteiger partial charge is 0.493 e. The molecule has 7 heteroatoms. The minimum atomic E-state index is -0.253. The van der Waals surface area contributed by atoms with Gasteiger partial charge in [-0.2, -0.15) is 0 Å². The number of ether oxygens (including phenoxy) is 2. The number of aryl methyl sites for hydroxylation is 1. The van der Waals surface area contributed by atoms with Crippen LogP contribution in [0.25, 0.3) is 0 Å². The molecule has 0 aliphatic carbocycles. The summed E-state index contributed by atoms with van der Waals surface area (Å²) in [5.74, 6) is 0.760. The lowest BCUT2D eigenvalue weighted by atomic mass is 10.2. The van der Waals surface area contributed by atoms with Gasteiger partial charge < -0.3 is 20.1 Å². The summed E-state index contributed by atoms with van der Waals surface area (Å²) in [6, 6.07) is 18.9. The van der Waals surface area contributed by atoms with Crippen molar-refractivity contribution in [1.82, 2.24) is 0 Å². The number of methoxy groups -OCH3 is 1. The zero-order chi connectivity index (χ0) is 21.5. The lowest BCUT2D eigenvalue weighted by Crippen LogP contribution is -2.20. The molecule has 0 aliphatic heterocycles. The number of hydrogen-bond acceptors (Lipinski definition) is 4. The maximum atomic E-state index is 12.2. The van der Waals surface area contributed by atoms with Gasteiger partial charge in [0.2, 0.25) is 0 Å². The number of carbonyl (C=O) groups excluding carboxylic acids is 1. The van der Waals surface area contributed by atoms with Crippen LogP contribution in [0.4, 0.5) is 11.4 Å². The van der Waals surface area contributed by atoms with Crippen molar-refractivity contribution in [2.75, 3.05) is 24.4 Å². The predicted molar refractivity (Wildman–Crippen MR) is 125 cm³/mol. The number of nitrogens with one attached hydrogen (secondary N) is 2. The SMILES string of the molecule is COc1cc(CNc2ccc(C)c(Cl)c2)cc(Br)c1OCC(=O)Nc1ccccc1. The summed E-state index contributed by atoms with van der Waals surface area (Å²) >= 11 is 9.70. The van der Waals surface area contributed by atoms with Gasteiger partial charge in [0.05, 0.1) is 11.6 Å². The van der Waals surface area contributed by atoms with E-state index in [0.29, 0.717) is 22.5 Å². The molecule has 156 valence electrons. The second-order valence-corrected chi connectivity index (χ2v) is 7.89. The van der Waals surface area contributed by atoms with E-state index < -0.39 is 0 Å². The smallest absolute Gasteiger partial charge is 0.262 e. The highest BCUT2D eigenvalue weighted by atomic mass is 79.9. The van der Waals surface area contributed by atoms with Gasteiger partial charge in [-0.25, -0.2) is 0 Å². The molecular formula is C23H22BrClN2O3. The van der Waals surface area contributed by atoms with Crippen LogP contribution in [0.3, 0.4) is 0 Å². The van der Waals surface area contributed by atoms with Crippen molar-refractivity contribution in [3.8, 4) is 11.5 Å². The Morgan fingerprint density at radius 1 is 1.07 bits per heavy atom. The van der Waals surface area contributed by atoms with E-state index in [-0.39, 0.29) is 12.5 Å². The summed E-state index contributed by atoms with van der Waals surface area (Å²) in [5.41, 5.74) is 3.66. The van der Waals surface area contributed by atoms with Crippen LogP contribution < -0.4 is 20.1 Å². The summed E-state index contributed by atoms with van der Waals surface area (Å²) in [5, 5.41) is 6.84. The lowest BCUT2D eigenvalue weighted by molar-refractivity contribution is -0.118. The Labute approximate surface area is 189 Å². The Hall–Kier alpha value is -2.70. The fourth-order valence-corrected chi connectivity index (χ4v) is 3.56. The zero-order valence-corrected chi connectivity index (χ0v) is 19.0. The van der Waals surface area contributed by atoms with E-state index in [2.05, 4.69) is 26.6 Å². The van der Waals surface area contributed by atoms with Crippen LogP contribution in [0.5, 0.6) is 11.5 Å². The van der Waals surface area contributed by atoms with E-state index >= 15 is 0 Å². The van der Waals surface area contributed by atoms with E-state index in [1.165, 1.54) is 0 Å². The molecule has 2 N–H and O–H groups in total. The van der Waals surface area contributed by atoms with Gasteiger partial charge in [-0.3, -0.25) is 4.79 Å². The van der Waals surface area contributed by atoms with Gasteiger partial charge in [-0.15, -0.1) is 0 Å². The second kappa shape index (κ2) is 10.4. The fourth-order valence-electron chi connectivity index (χ4n) is 2.78. The third-order valence-corrected chi connectivity index (χ3v) is 5.36. The summed E-state index contributed by atoms with van der Waals surface area (Å²) in [7, 11) is 1.57. The van der Waals surface area contributed by atoms with Crippen molar-refractivity contribution in [1.29, 1.82) is 0 Å². The van der Waals surface area contributed by atoms with Crippen LogP contribution in [0.1, 0.15) is 11.1 Å². The van der Waals surface area contributed by atoms with Crippen molar-refractivity contribution in [3.05, 3.63) is 81.3 Å². The van der Waals surface area contributed by atoms with E-state index in [9.17, 15) is 4.79 Å². The van der Waals surface area contributed by atoms with Gasteiger partial charge >= 0.3 is 0 Å². The molecule has 0 aromatic heterocycles. The summed E-state index contributed by atoms with van der Waals surface area (Å²) in [6.07, 6.45) is 0. The molecule has 3 aromatic rings. The lowest BCUT2D eigenvalue weighted by Gasteiger charge is -2.15. The first kappa shape index (κ1) is 22.0. The van der Waals surface area contributed by atoms with E-state index in [1.54, 1.807) is 7.11 Å². The summed E-state index contributed by atoms with van der Waals surface area (Å²) in [4.78, 5) is 12.2. The Morgan fingerprint density at radius 3 is 2.53 bits per heavy atom. The number of halogens is 2. The molecule has 0 unspecified atom stereocenters. The first-order valence-corrected chi connectivity index (χ1v) is 10.5. The van der Waals surface area contributed by atoms with Crippen molar-refractivity contribution < 1.29 is 14.3 Å². The molecule has 30 heavy (non-hydrogen) atoms. The average Bonchev–Trinajstić information content (AvgIpc) is 2.74. The number of rotatable bonds is 8. The molecule has 1 amide bonds. The van der Waals surface area contributed by atoms with Crippen LogP contribution in [0, 0.1) is 6.92 Å². The summed E-state index contributed by atoms with van der Waals surface area (Å²) < 4.78 is 11.9. The number of anilines is 2. The number of para-hydroxylation sites is 1. The van der Waals surface area contributed by atoms with Crippen molar-refractivity contribution in [3.63, 3.8) is 0 Å². The monoisotopic (exact) mass is 488 g/mol. The van der Waals surface area contributed by atoms with E-state index in [1.807, 2.05) is 67.6 Å². The molecule has 0 fully saturated rings. The summed E-state index contributed by atoms with van der Waals surface area (Å²) in [6.45, 7) is 2.40. The number of hydrogen-bond donors (Lipinski definition) is 2. The van der Waals surface area contributed by atoms with Crippen molar-refractivity contribution in [2.24, 2.45) is 0 Å². The topological polar surface area (TPSA) is 59.6 Å². The third-order valence-electron chi connectivity index (χ3n) is 4.36. The highest BCUT2D eigenvalue weighted by Gasteiger charge is 2.14. The molecule has 0 bridgehead atoms. The third kappa shape index (κ3) is 5.90. The number of benzene rings is 3. The molecule has 0 heterocycles. The van der Waals surface area contributed by atoms with Gasteiger partial charge in [0.15, 0.2) is 18.1 Å². The van der Waals surface area contributed by atoms with Crippen LogP contribution in [-0.2, 0) is 11.3 Å². The highest BCUT2D eigenvalue weighted by Crippen LogP contribution is 2.37. The molecule has 3 rings (SSSR count). The fraction of sp³-hybridized carbons (Fsp3) is 0.174. The minimum absolute atomic E-state index is 0.136. The predicted octanol–water partition coefficient (Wildman–Crippen LogP) is 6.05. The maximum Gasteiger partial charge on any atom is 0.262 e. The van der Waals surface area contributed by atoms with E-state index in [0.717, 1.165) is 27.5 Å².